The molecule has 1 aliphatic heterocycles. The number of nitrogens with zero attached hydrogens (tertiary/aromatic N) is 5. The topological polar surface area (TPSA) is 76.5 Å². The van der Waals surface area contributed by atoms with Crippen molar-refractivity contribution in [1.29, 1.82) is 0 Å². The smallest absolute Gasteiger partial charge is 0.232 e. The van der Waals surface area contributed by atoms with Crippen LogP contribution in [0.3, 0.4) is 0 Å². The molecule has 0 spiro atoms. The molecule has 5 rings (SSSR count). The number of pyridine rings is 1. The molecular weight excluding hydrogens is 318 g/mol. The van der Waals surface area contributed by atoms with Gasteiger partial charge in [0.05, 0.1) is 5.92 Å². The molecule has 25 heavy (non-hydrogen) atoms. The highest BCUT2D eigenvalue weighted by atomic mass is 16.5. The number of rotatable bonds is 3. The maximum absolute atomic E-state index is 12.4. The van der Waals surface area contributed by atoms with Crippen molar-refractivity contribution in [3.05, 3.63) is 36.5 Å². The van der Waals surface area contributed by atoms with Crippen molar-refractivity contribution < 1.29 is 9.32 Å². The van der Waals surface area contributed by atoms with Gasteiger partial charge in [0.2, 0.25) is 17.6 Å². The summed E-state index contributed by atoms with van der Waals surface area (Å²) in [6.45, 7) is 0.691. The normalized spacial score (nSPS) is 21.7. The molecule has 0 N–H and O–H groups in total. The fourth-order valence-electron chi connectivity index (χ4n) is 4.01. The number of amides is 1. The number of fused-ring (bicyclic) bond motifs is 1. The maximum atomic E-state index is 12.4. The van der Waals surface area contributed by atoms with E-state index in [-0.39, 0.29) is 11.8 Å². The number of carbonyl (C=O) groups is 1. The van der Waals surface area contributed by atoms with Gasteiger partial charge in [-0.25, -0.2) is 4.98 Å². The van der Waals surface area contributed by atoms with Crippen molar-refractivity contribution in [2.75, 3.05) is 6.54 Å². The quantitative estimate of drug-likeness (QED) is 0.734. The van der Waals surface area contributed by atoms with Crippen LogP contribution in [0.5, 0.6) is 0 Å². The summed E-state index contributed by atoms with van der Waals surface area (Å²) in [5.74, 6) is 1.22. The zero-order valence-electron chi connectivity index (χ0n) is 13.8. The van der Waals surface area contributed by atoms with Gasteiger partial charge in [0.1, 0.15) is 11.3 Å². The summed E-state index contributed by atoms with van der Waals surface area (Å²) in [6.07, 6.45) is 8.96. The van der Waals surface area contributed by atoms with Gasteiger partial charge in [-0.2, -0.15) is 4.98 Å². The molecule has 1 atom stereocenters. The lowest BCUT2D eigenvalue weighted by Crippen LogP contribution is -2.34. The number of aromatic nitrogens is 4. The van der Waals surface area contributed by atoms with Crippen LogP contribution >= 0.6 is 0 Å². The molecule has 3 aromatic rings. The number of imidazole rings is 1. The van der Waals surface area contributed by atoms with Crippen LogP contribution in [0.2, 0.25) is 0 Å². The van der Waals surface area contributed by atoms with Crippen LogP contribution in [-0.2, 0) is 4.79 Å². The summed E-state index contributed by atoms with van der Waals surface area (Å²) in [5.41, 5.74) is 1.52. The van der Waals surface area contributed by atoms with Crippen molar-refractivity contribution >= 4 is 11.6 Å². The van der Waals surface area contributed by atoms with E-state index in [2.05, 4.69) is 15.1 Å². The highest BCUT2D eigenvalue weighted by molar-refractivity contribution is 5.80. The van der Waals surface area contributed by atoms with Crippen LogP contribution in [0.1, 0.15) is 43.9 Å². The first-order valence-electron chi connectivity index (χ1n) is 8.85. The van der Waals surface area contributed by atoms with Crippen LogP contribution in [0.4, 0.5) is 0 Å². The van der Waals surface area contributed by atoms with E-state index in [1.54, 1.807) is 0 Å². The molecule has 2 fully saturated rings. The van der Waals surface area contributed by atoms with Crippen molar-refractivity contribution in [3.63, 3.8) is 0 Å². The second-order valence-electron chi connectivity index (χ2n) is 6.93. The molecule has 0 aromatic carbocycles. The van der Waals surface area contributed by atoms with Crippen LogP contribution in [0.15, 0.2) is 35.1 Å². The summed E-state index contributed by atoms with van der Waals surface area (Å²) < 4.78 is 7.39. The van der Waals surface area contributed by atoms with Crippen molar-refractivity contribution in [2.45, 2.75) is 44.1 Å². The molecule has 7 heteroatoms. The zero-order valence-corrected chi connectivity index (χ0v) is 13.8. The van der Waals surface area contributed by atoms with E-state index in [1.807, 2.05) is 39.9 Å². The van der Waals surface area contributed by atoms with Crippen LogP contribution < -0.4 is 0 Å². The first-order valence-corrected chi connectivity index (χ1v) is 8.85. The summed E-state index contributed by atoms with van der Waals surface area (Å²) in [4.78, 5) is 23.4. The Bertz CT molecular complexity index is 891. The minimum Gasteiger partial charge on any atom is -0.339 e. The summed E-state index contributed by atoms with van der Waals surface area (Å²) in [6, 6.07) is 6.22. The van der Waals surface area contributed by atoms with Gasteiger partial charge in [-0.05, 0) is 25.0 Å². The second-order valence-corrected chi connectivity index (χ2v) is 6.93. The molecule has 2 aliphatic rings. The largest absolute Gasteiger partial charge is 0.339 e. The predicted octanol–water partition coefficient (Wildman–Crippen LogP) is 2.64. The molecule has 7 nitrogen and oxygen atoms in total. The van der Waals surface area contributed by atoms with Crippen molar-refractivity contribution in [3.8, 4) is 11.5 Å². The Hall–Kier alpha value is -2.70. The third-order valence-corrected chi connectivity index (χ3v) is 5.31. The van der Waals surface area contributed by atoms with Gasteiger partial charge in [0.15, 0.2) is 0 Å². The minimum atomic E-state index is -0.00798. The Kier molecular flexibility index (Phi) is 3.33. The van der Waals surface area contributed by atoms with Gasteiger partial charge in [-0.15, -0.1) is 0 Å². The lowest BCUT2D eigenvalue weighted by Gasteiger charge is -2.23. The average Bonchev–Trinajstić information content (AvgIpc) is 3.39. The van der Waals surface area contributed by atoms with E-state index in [0.29, 0.717) is 36.4 Å². The van der Waals surface area contributed by atoms with E-state index in [1.165, 1.54) is 12.8 Å². The van der Waals surface area contributed by atoms with E-state index >= 15 is 0 Å². The van der Waals surface area contributed by atoms with Crippen molar-refractivity contribution in [1.82, 2.24) is 24.4 Å². The first kappa shape index (κ1) is 14.6. The van der Waals surface area contributed by atoms with Crippen LogP contribution in [-0.4, -0.2) is 42.9 Å². The van der Waals surface area contributed by atoms with E-state index in [4.69, 9.17) is 4.52 Å². The molecule has 1 aliphatic carbocycles. The van der Waals surface area contributed by atoms with Gasteiger partial charge in [0, 0.05) is 31.4 Å². The van der Waals surface area contributed by atoms with Crippen molar-refractivity contribution in [2.24, 2.45) is 0 Å². The minimum absolute atomic E-state index is 0.00798. The monoisotopic (exact) mass is 337 g/mol. The Labute approximate surface area is 144 Å². The van der Waals surface area contributed by atoms with Gasteiger partial charge >= 0.3 is 0 Å². The summed E-state index contributed by atoms with van der Waals surface area (Å²) in [5, 5.41) is 4.08. The Morgan fingerprint density at radius 2 is 2.04 bits per heavy atom. The lowest BCUT2D eigenvalue weighted by atomic mass is 10.1. The van der Waals surface area contributed by atoms with E-state index < -0.39 is 0 Å². The molecule has 1 saturated carbocycles. The molecule has 1 amide bonds. The number of hydrogen-bond donors (Lipinski definition) is 0. The zero-order chi connectivity index (χ0) is 16.8. The fraction of sp³-hybridized carbons (Fsp3) is 0.444. The third-order valence-electron chi connectivity index (χ3n) is 5.31. The standard InChI is InChI=1S/C18H19N5O2/c24-16-9-12(10-23(16)13-5-1-2-6-13)18-20-17(21-25-18)14-11-22-8-4-3-7-15(22)19-14/h3-4,7-8,11-13H,1-2,5-6,9-10H2/t12-/m0/s1. The average molecular weight is 337 g/mol. The third kappa shape index (κ3) is 2.50. The fourth-order valence-corrected chi connectivity index (χ4v) is 4.01. The van der Waals surface area contributed by atoms with E-state index in [9.17, 15) is 4.79 Å². The first-order chi connectivity index (χ1) is 12.3. The van der Waals surface area contributed by atoms with Gasteiger partial charge in [-0.1, -0.05) is 24.1 Å². The molecule has 128 valence electrons. The van der Waals surface area contributed by atoms with Gasteiger partial charge in [0.25, 0.3) is 0 Å². The predicted molar refractivity (Wildman–Crippen MR) is 89.8 cm³/mol. The molecule has 0 unspecified atom stereocenters. The van der Waals surface area contributed by atoms with Crippen LogP contribution in [0, 0.1) is 0 Å². The Morgan fingerprint density at radius 3 is 2.88 bits per heavy atom. The molecule has 0 bridgehead atoms. The molecular formula is C18H19N5O2. The highest BCUT2D eigenvalue weighted by Gasteiger charge is 2.38. The van der Waals surface area contributed by atoms with Crippen LogP contribution in [0.25, 0.3) is 17.2 Å². The van der Waals surface area contributed by atoms with Gasteiger partial charge < -0.3 is 13.8 Å². The Balaban J connectivity index is 1.38. The number of hydrogen-bond acceptors (Lipinski definition) is 5. The SMILES string of the molecule is O=C1C[C@H](c2nc(-c3cn4ccccc4n3)no2)CN1C1CCCC1. The maximum Gasteiger partial charge on any atom is 0.232 e. The summed E-state index contributed by atoms with van der Waals surface area (Å²) >= 11 is 0. The molecule has 3 aromatic heterocycles. The van der Waals surface area contributed by atoms with Gasteiger partial charge in [-0.3, -0.25) is 4.79 Å². The number of carbonyl (C=O) groups excluding carboxylic acids is 1. The molecule has 4 heterocycles. The summed E-state index contributed by atoms with van der Waals surface area (Å²) in [7, 11) is 0. The van der Waals surface area contributed by atoms with E-state index in [0.717, 1.165) is 18.5 Å². The Morgan fingerprint density at radius 1 is 1.16 bits per heavy atom. The molecule has 1 saturated heterocycles. The molecule has 0 radical (unpaired) electrons. The number of likely N-dealkylation sites (tertiary alicyclic amines) is 1. The lowest BCUT2D eigenvalue weighted by molar-refractivity contribution is -0.129. The highest BCUT2D eigenvalue weighted by Crippen LogP contribution is 2.34. The second kappa shape index (κ2) is 5.68.